The molecule has 0 spiro atoms. The van der Waals surface area contributed by atoms with Gasteiger partial charge in [-0.15, -0.1) is 0 Å². The Morgan fingerprint density at radius 3 is 3.08 bits per heavy atom. The first kappa shape index (κ1) is 8.07. The van der Waals surface area contributed by atoms with Gasteiger partial charge in [-0.3, -0.25) is 4.79 Å². The van der Waals surface area contributed by atoms with Gasteiger partial charge in [-0.25, -0.2) is 5.43 Å². The molecule has 0 aliphatic carbocycles. The van der Waals surface area contributed by atoms with Gasteiger partial charge in [-0.05, 0) is 12.1 Å². The van der Waals surface area contributed by atoms with E-state index in [1.54, 1.807) is 18.2 Å². The van der Waals surface area contributed by atoms with E-state index < -0.39 is 0 Å². The zero-order valence-electron chi connectivity index (χ0n) is 7.13. The number of hydrazine groups is 1. The van der Waals surface area contributed by atoms with E-state index in [0.29, 0.717) is 29.9 Å². The fourth-order valence-electron chi connectivity index (χ4n) is 1.40. The molecule has 4 N–H and O–H groups in total. The predicted molar refractivity (Wildman–Crippen MR) is 51.4 cm³/mol. The monoisotopic (exact) mass is 177 g/mol. The number of nitrogens with two attached hydrogens (primary N) is 1. The highest BCUT2D eigenvalue weighted by molar-refractivity contribution is 6.04. The van der Waals surface area contributed by atoms with E-state index in [0.717, 1.165) is 0 Å². The number of carbonyl (C=O) groups excluding carboxylic acids is 1. The molecule has 0 unspecified atom stereocenters. The van der Waals surface area contributed by atoms with Crippen molar-refractivity contribution < 1.29 is 4.79 Å². The molecule has 0 aromatic heterocycles. The summed E-state index contributed by atoms with van der Waals surface area (Å²) < 4.78 is 0. The average molecular weight is 177 g/mol. The topological polar surface area (TPSA) is 67.2 Å². The van der Waals surface area contributed by atoms with Crippen molar-refractivity contribution in [1.29, 1.82) is 0 Å². The molecule has 2 rings (SSSR count). The minimum atomic E-state index is 0.125. The van der Waals surface area contributed by atoms with Crippen molar-refractivity contribution in [3.63, 3.8) is 0 Å². The number of benzene rings is 1. The molecule has 0 saturated carbocycles. The Hall–Kier alpha value is -1.55. The van der Waals surface area contributed by atoms with Gasteiger partial charge in [0.1, 0.15) is 0 Å². The molecular weight excluding hydrogens is 166 g/mol. The second-order valence-electron chi connectivity index (χ2n) is 2.99. The van der Waals surface area contributed by atoms with Crippen LogP contribution in [0.1, 0.15) is 16.8 Å². The maximum Gasteiger partial charge on any atom is 0.166 e. The zero-order chi connectivity index (χ0) is 9.26. The van der Waals surface area contributed by atoms with Crippen LogP contribution in [0.15, 0.2) is 18.2 Å². The number of anilines is 2. The predicted octanol–water partition coefficient (Wildman–Crippen LogP) is 0.772. The molecule has 1 aromatic rings. The molecule has 0 amide bonds. The lowest BCUT2D eigenvalue weighted by atomic mass is 10.1. The summed E-state index contributed by atoms with van der Waals surface area (Å²) in [7, 11) is 0. The Morgan fingerprint density at radius 1 is 1.38 bits per heavy atom. The van der Waals surface area contributed by atoms with Crippen LogP contribution in [0.5, 0.6) is 0 Å². The molecule has 1 aromatic carbocycles. The van der Waals surface area contributed by atoms with Gasteiger partial charge >= 0.3 is 0 Å². The summed E-state index contributed by atoms with van der Waals surface area (Å²) in [4.78, 5) is 11.5. The number of hydrogen-bond donors (Lipinski definition) is 3. The molecule has 4 heteroatoms. The highest BCUT2D eigenvalue weighted by Crippen LogP contribution is 2.24. The van der Waals surface area contributed by atoms with Crippen LogP contribution in [0, 0.1) is 0 Å². The molecule has 0 saturated heterocycles. The summed E-state index contributed by atoms with van der Waals surface area (Å²) in [6.45, 7) is 0.632. The van der Waals surface area contributed by atoms with Crippen molar-refractivity contribution in [2.45, 2.75) is 6.42 Å². The van der Waals surface area contributed by atoms with E-state index in [9.17, 15) is 4.79 Å². The number of ketones is 1. The number of fused-ring (bicyclic) bond motifs is 1. The van der Waals surface area contributed by atoms with E-state index in [4.69, 9.17) is 5.73 Å². The van der Waals surface area contributed by atoms with Gasteiger partial charge in [0.05, 0.1) is 11.4 Å². The summed E-state index contributed by atoms with van der Waals surface area (Å²) in [5.41, 5.74) is 13.5. The number of para-hydroxylation sites is 1. The van der Waals surface area contributed by atoms with Crippen molar-refractivity contribution in [2.24, 2.45) is 0 Å². The lowest BCUT2D eigenvalue weighted by Gasteiger charge is -2.09. The summed E-state index contributed by atoms with van der Waals surface area (Å²) in [5.74, 6) is 0.125. The molecule has 0 fully saturated rings. The van der Waals surface area contributed by atoms with Crippen molar-refractivity contribution in [3.8, 4) is 0 Å². The third-order valence-corrected chi connectivity index (χ3v) is 2.09. The quantitative estimate of drug-likeness (QED) is 0.512. The largest absolute Gasteiger partial charge is 0.397 e. The Morgan fingerprint density at radius 2 is 2.23 bits per heavy atom. The summed E-state index contributed by atoms with van der Waals surface area (Å²) >= 11 is 0. The molecule has 0 atom stereocenters. The number of nitrogens with one attached hydrogen (secondary N) is 2. The van der Waals surface area contributed by atoms with E-state index in [1.165, 1.54) is 0 Å². The third-order valence-electron chi connectivity index (χ3n) is 2.09. The van der Waals surface area contributed by atoms with Crippen LogP contribution >= 0.6 is 0 Å². The standard InChI is InChI=1S/C9H11N3O/c10-7-3-1-2-6-8(13)4-5-11-12-9(6)7/h1-3,11-12H,4-5,10H2. The van der Waals surface area contributed by atoms with Crippen LogP contribution in [-0.4, -0.2) is 12.3 Å². The molecule has 1 aliphatic rings. The fraction of sp³-hybridized carbons (Fsp3) is 0.222. The first-order valence-corrected chi connectivity index (χ1v) is 4.19. The molecule has 0 bridgehead atoms. The molecule has 0 radical (unpaired) electrons. The first-order valence-electron chi connectivity index (χ1n) is 4.19. The van der Waals surface area contributed by atoms with E-state index in [-0.39, 0.29) is 5.78 Å². The molecule has 1 heterocycles. The number of carbonyl (C=O) groups is 1. The van der Waals surface area contributed by atoms with Gasteiger partial charge in [0.15, 0.2) is 5.78 Å². The normalized spacial score (nSPS) is 15.8. The second-order valence-corrected chi connectivity index (χ2v) is 2.99. The van der Waals surface area contributed by atoms with E-state index in [1.807, 2.05) is 0 Å². The molecule has 4 nitrogen and oxygen atoms in total. The SMILES string of the molecule is Nc1cccc2c1NNCCC2=O. The first-order chi connectivity index (χ1) is 6.29. The van der Waals surface area contributed by atoms with Gasteiger partial charge in [-0.1, -0.05) is 6.07 Å². The van der Waals surface area contributed by atoms with Crippen molar-refractivity contribution in [3.05, 3.63) is 23.8 Å². The van der Waals surface area contributed by atoms with Gasteiger partial charge in [-0.2, -0.15) is 0 Å². The minimum absolute atomic E-state index is 0.125. The Labute approximate surface area is 76.1 Å². The lowest BCUT2D eigenvalue weighted by Crippen LogP contribution is -2.21. The number of nitrogen functional groups attached to an aromatic ring is 1. The van der Waals surface area contributed by atoms with Crippen LogP contribution in [0.25, 0.3) is 0 Å². The molecule has 1 aliphatic heterocycles. The van der Waals surface area contributed by atoms with Gasteiger partial charge < -0.3 is 11.2 Å². The van der Waals surface area contributed by atoms with Crippen LogP contribution < -0.4 is 16.6 Å². The van der Waals surface area contributed by atoms with Crippen molar-refractivity contribution in [1.82, 2.24) is 5.43 Å². The van der Waals surface area contributed by atoms with Crippen LogP contribution in [0.4, 0.5) is 11.4 Å². The average Bonchev–Trinajstić information content (AvgIpc) is 2.30. The van der Waals surface area contributed by atoms with Gasteiger partial charge in [0, 0.05) is 18.5 Å². The van der Waals surface area contributed by atoms with Gasteiger partial charge in [0.25, 0.3) is 0 Å². The van der Waals surface area contributed by atoms with Crippen molar-refractivity contribution >= 4 is 17.2 Å². The molecule has 68 valence electrons. The Kier molecular flexibility index (Phi) is 1.90. The summed E-state index contributed by atoms with van der Waals surface area (Å²) in [6.07, 6.45) is 0.503. The number of hydrogen-bond acceptors (Lipinski definition) is 4. The Bertz CT molecular complexity index is 349. The third kappa shape index (κ3) is 1.36. The van der Waals surface area contributed by atoms with Crippen molar-refractivity contribution in [2.75, 3.05) is 17.7 Å². The molecular formula is C9H11N3O. The van der Waals surface area contributed by atoms with Crippen LogP contribution in [0.2, 0.25) is 0 Å². The molecule has 13 heavy (non-hydrogen) atoms. The smallest absolute Gasteiger partial charge is 0.166 e. The Balaban J connectivity index is 2.54. The second kappa shape index (κ2) is 3.06. The maximum atomic E-state index is 11.5. The lowest BCUT2D eigenvalue weighted by molar-refractivity contribution is 0.0986. The summed E-state index contributed by atoms with van der Waals surface area (Å²) in [5, 5.41) is 0. The highest BCUT2D eigenvalue weighted by Gasteiger charge is 2.15. The summed E-state index contributed by atoms with van der Waals surface area (Å²) in [6, 6.07) is 5.35. The minimum Gasteiger partial charge on any atom is -0.397 e. The van der Waals surface area contributed by atoms with Crippen LogP contribution in [-0.2, 0) is 0 Å². The highest BCUT2D eigenvalue weighted by atomic mass is 16.1. The number of rotatable bonds is 0. The van der Waals surface area contributed by atoms with Gasteiger partial charge in [0.2, 0.25) is 0 Å². The van der Waals surface area contributed by atoms with E-state index in [2.05, 4.69) is 10.9 Å². The van der Waals surface area contributed by atoms with Crippen LogP contribution in [0.3, 0.4) is 0 Å². The number of Topliss-reactive ketones (excluding diaryl/α,β-unsaturated/α-hetero) is 1. The van der Waals surface area contributed by atoms with E-state index >= 15 is 0 Å². The zero-order valence-corrected chi connectivity index (χ0v) is 7.13. The maximum absolute atomic E-state index is 11.5. The fourth-order valence-corrected chi connectivity index (χ4v) is 1.40.